The first-order valence-electron chi connectivity index (χ1n) is 10.2. The van der Waals surface area contributed by atoms with Crippen molar-refractivity contribution in [1.29, 1.82) is 0 Å². The van der Waals surface area contributed by atoms with Gasteiger partial charge < -0.3 is 20.1 Å². The Hall–Kier alpha value is -1.39. The third kappa shape index (κ3) is 6.31. The zero-order valence-electron chi connectivity index (χ0n) is 18.3. The molecular formula is C22H33IN4O2S. The van der Waals surface area contributed by atoms with Crippen LogP contribution in [0, 0.1) is 13.8 Å². The van der Waals surface area contributed by atoms with Crippen molar-refractivity contribution in [3.8, 4) is 5.75 Å². The number of ether oxygens (including phenoxy) is 2. The van der Waals surface area contributed by atoms with Gasteiger partial charge in [0.15, 0.2) is 5.96 Å². The Balaban J connectivity index is 0.00000320. The third-order valence-electron chi connectivity index (χ3n) is 5.53. The molecule has 8 heteroatoms. The Morgan fingerprint density at radius 1 is 1.20 bits per heavy atom. The summed E-state index contributed by atoms with van der Waals surface area (Å²) in [5.74, 6) is 1.71. The van der Waals surface area contributed by atoms with E-state index in [1.165, 1.54) is 10.4 Å². The van der Waals surface area contributed by atoms with Gasteiger partial charge in [-0.25, -0.2) is 4.98 Å². The maximum absolute atomic E-state index is 5.66. The van der Waals surface area contributed by atoms with Crippen LogP contribution in [0.5, 0.6) is 5.75 Å². The minimum Gasteiger partial charge on any atom is -0.494 e. The summed E-state index contributed by atoms with van der Waals surface area (Å²) in [6.45, 7) is 9.88. The molecule has 1 fully saturated rings. The van der Waals surface area contributed by atoms with E-state index in [9.17, 15) is 0 Å². The van der Waals surface area contributed by atoms with E-state index in [1.807, 2.05) is 13.8 Å². The van der Waals surface area contributed by atoms with Crippen molar-refractivity contribution in [3.63, 3.8) is 0 Å². The highest BCUT2D eigenvalue weighted by Crippen LogP contribution is 2.35. The molecule has 2 heterocycles. The number of guanidine groups is 1. The van der Waals surface area contributed by atoms with Gasteiger partial charge >= 0.3 is 0 Å². The molecule has 0 amide bonds. The molecule has 1 saturated heterocycles. The average molecular weight is 545 g/mol. The van der Waals surface area contributed by atoms with Crippen LogP contribution in [0.4, 0.5) is 0 Å². The summed E-state index contributed by atoms with van der Waals surface area (Å²) in [5.41, 5.74) is 2.44. The lowest BCUT2D eigenvalue weighted by atomic mass is 9.74. The van der Waals surface area contributed by atoms with Crippen molar-refractivity contribution < 1.29 is 9.47 Å². The molecule has 166 valence electrons. The zero-order chi connectivity index (χ0) is 20.7. The summed E-state index contributed by atoms with van der Waals surface area (Å²) >= 11 is 1.73. The molecule has 0 aliphatic carbocycles. The average Bonchev–Trinajstić information content (AvgIpc) is 3.07. The van der Waals surface area contributed by atoms with Gasteiger partial charge in [0, 0.05) is 37.1 Å². The molecule has 0 spiro atoms. The smallest absolute Gasteiger partial charge is 0.191 e. The van der Waals surface area contributed by atoms with E-state index in [0.29, 0.717) is 13.2 Å². The predicted molar refractivity (Wildman–Crippen MR) is 135 cm³/mol. The molecule has 30 heavy (non-hydrogen) atoms. The Morgan fingerprint density at radius 2 is 1.90 bits per heavy atom. The maximum atomic E-state index is 5.66. The van der Waals surface area contributed by atoms with Crippen LogP contribution in [0.1, 0.15) is 40.9 Å². The van der Waals surface area contributed by atoms with Crippen molar-refractivity contribution in [2.24, 2.45) is 4.99 Å². The number of rotatable bonds is 7. The molecule has 2 N–H and O–H groups in total. The lowest BCUT2D eigenvalue weighted by Crippen LogP contribution is -2.47. The Kier molecular flexibility index (Phi) is 9.83. The maximum Gasteiger partial charge on any atom is 0.191 e. The van der Waals surface area contributed by atoms with E-state index in [2.05, 4.69) is 51.8 Å². The second kappa shape index (κ2) is 11.9. The fraction of sp³-hybridized carbons (Fsp3) is 0.545. The summed E-state index contributed by atoms with van der Waals surface area (Å²) in [6, 6.07) is 8.51. The van der Waals surface area contributed by atoms with Gasteiger partial charge in [-0.3, -0.25) is 4.99 Å². The Labute approximate surface area is 200 Å². The molecule has 1 aromatic heterocycles. The molecule has 0 saturated carbocycles. The van der Waals surface area contributed by atoms with E-state index in [0.717, 1.165) is 55.0 Å². The first-order valence-corrected chi connectivity index (χ1v) is 11.1. The Morgan fingerprint density at radius 3 is 2.47 bits per heavy atom. The van der Waals surface area contributed by atoms with Crippen LogP contribution in [0.2, 0.25) is 0 Å². The number of nitrogens with one attached hydrogen (secondary N) is 2. The van der Waals surface area contributed by atoms with Crippen LogP contribution in [0.3, 0.4) is 0 Å². The zero-order valence-corrected chi connectivity index (χ0v) is 21.4. The van der Waals surface area contributed by atoms with Crippen molar-refractivity contribution in [2.75, 3.05) is 33.4 Å². The lowest BCUT2D eigenvalue weighted by Gasteiger charge is -2.38. The number of benzene rings is 1. The van der Waals surface area contributed by atoms with Crippen molar-refractivity contribution in [1.82, 2.24) is 15.6 Å². The largest absolute Gasteiger partial charge is 0.494 e. The highest BCUT2D eigenvalue weighted by atomic mass is 127. The quantitative estimate of drug-likeness (QED) is 0.311. The number of halogens is 1. The van der Waals surface area contributed by atoms with E-state index in [1.54, 1.807) is 18.4 Å². The third-order valence-corrected chi connectivity index (χ3v) is 6.60. The van der Waals surface area contributed by atoms with Gasteiger partial charge in [-0.2, -0.15) is 0 Å². The second-order valence-electron chi connectivity index (χ2n) is 7.38. The summed E-state index contributed by atoms with van der Waals surface area (Å²) in [5, 5.41) is 8.01. The molecular weight excluding hydrogens is 511 g/mol. The van der Waals surface area contributed by atoms with Crippen molar-refractivity contribution in [3.05, 3.63) is 45.4 Å². The summed E-state index contributed by atoms with van der Waals surface area (Å²) in [7, 11) is 1.81. The van der Waals surface area contributed by atoms with Gasteiger partial charge in [0.2, 0.25) is 0 Å². The number of nitrogens with zero attached hydrogens (tertiary/aromatic N) is 2. The normalized spacial score (nSPS) is 15.9. The fourth-order valence-electron chi connectivity index (χ4n) is 3.65. The molecule has 0 radical (unpaired) electrons. The molecule has 1 aliphatic rings. The highest BCUT2D eigenvalue weighted by Gasteiger charge is 2.34. The SMILES string of the molecule is CCOc1ccc(C2(CNC(=NC)NCc3nc(C)c(C)s3)CCOCC2)cc1.I. The van der Waals surface area contributed by atoms with Crippen LogP contribution >= 0.6 is 35.3 Å². The number of aliphatic imine (C=N–C) groups is 1. The minimum atomic E-state index is 0. The fourth-order valence-corrected chi connectivity index (χ4v) is 4.52. The summed E-state index contributed by atoms with van der Waals surface area (Å²) < 4.78 is 11.3. The van der Waals surface area contributed by atoms with Crippen LogP contribution < -0.4 is 15.4 Å². The van der Waals surface area contributed by atoms with Gasteiger partial charge in [0.05, 0.1) is 18.8 Å². The van der Waals surface area contributed by atoms with E-state index in [-0.39, 0.29) is 29.4 Å². The number of hydrogen-bond donors (Lipinski definition) is 2. The first-order chi connectivity index (χ1) is 14.1. The van der Waals surface area contributed by atoms with Gasteiger partial charge in [0.1, 0.15) is 10.8 Å². The molecule has 1 aromatic carbocycles. The van der Waals surface area contributed by atoms with Crippen LogP contribution in [0.25, 0.3) is 0 Å². The second-order valence-corrected chi connectivity index (χ2v) is 8.67. The predicted octanol–water partition coefficient (Wildman–Crippen LogP) is 4.19. The van der Waals surface area contributed by atoms with E-state index in [4.69, 9.17) is 9.47 Å². The van der Waals surface area contributed by atoms with Crippen molar-refractivity contribution >= 4 is 41.3 Å². The first kappa shape index (κ1) is 24.9. The molecule has 0 unspecified atom stereocenters. The molecule has 0 bridgehead atoms. The topological polar surface area (TPSA) is 67.8 Å². The number of aryl methyl sites for hydroxylation is 2. The standard InChI is InChI=1S/C22H32N4O2S.HI/c1-5-28-19-8-6-18(7-9-19)22(10-12-27-13-11-22)15-25-21(23-4)24-14-20-26-16(2)17(3)29-20;/h6-9H,5,10-15H2,1-4H3,(H2,23,24,25);1H. The highest BCUT2D eigenvalue weighted by molar-refractivity contribution is 14.0. The molecule has 1 aliphatic heterocycles. The van der Waals surface area contributed by atoms with Crippen LogP contribution in [-0.4, -0.2) is 44.4 Å². The van der Waals surface area contributed by atoms with E-state index < -0.39 is 0 Å². The Bertz CT molecular complexity index is 798. The van der Waals surface area contributed by atoms with Gasteiger partial charge in [-0.15, -0.1) is 35.3 Å². The monoisotopic (exact) mass is 544 g/mol. The lowest BCUT2D eigenvalue weighted by molar-refractivity contribution is 0.0513. The van der Waals surface area contributed by atoms with Crippen LogP contribution in [-0.2, 0) is 16.7 Å². The molecule has 3 rings (SSSR count). The number of aromatic nitrogens is 1. The van der Waals surface area contributed by atoms with Crippen molar-refractivity contribution in [2.45, 2.75) is 45.6 Å². The molecule has 2 aromatic rings. The molecule has 0 atom stereocenters. The number of thiazole rings is 1. The summed E-state index contributed by atoms with van der Waals surface area (Å²) in [6.07, 6.45) is 1.96. The van der Waals surface area contributed by atoms with Gasteiger partial charge in [-0.1, -0.05) is 12.1 Å². The number of hydrogen-bond acceptors (Lipinski definition) is 5. The molecule has 6 nitrogen and oxygen atoms in total. The van der Waals surface area contributed by atoms with Gasteiger partial charge in [-0.05, 0) is 51.3 Å². The minimum absolute atomic E-state index is 0. The van der Waals surface area contributed by atoms with E-state index >= 15 is 0 Å². The van der Waals surface area contributed by atoms with Gasteiger partial charge in [0.25, 0.3) is 0 Å². The summed E-state index contributed by atoms with van der Waals surface area (Å²) in [4.78, 5) is 10.3. The van der Waals surface area contributed by atoms with Crippen LogP contribution in [0.15, 0.2) is 29.3 Å².